The van der Waals surface area contributed by atoms with E-state index in [1.807, 2.05) is 0 Å². The van der Waals surface area contributed by atoms with Crippen LogP contribution in [0.25, 0.3) is 10.9 Å². The second-order valence-corrected chi connectivity index (χ2v) is 7.10. The van der Waals surface area contributed by atoms with Crippen LogP contribution in [0.2, 0.25) is 0 Å². The van der Waals surface area contributed by atoms with Gasteiger partial charge in [0.25, 0.3) is 5.91 Å². The predicted molar refractivity (Wildman–Crippen MR) is 112 cm³/mol. The number of benzene rings is 2. The Morgan fingerprint density at radius 2 is 1.77 bits per heavy atom. The molecule has 1 heterocycles. The van der Waals surface area contributed by atoms with Crippen LogP contribution in [0.1, 0.15) is 10.5 Å². The lowest BCUT2D eigenvalue weighted by molar-refractivity contribution is 0.0943. The third-order valence-electron chi connectivity index (χ3n) is 4.15. The van der Waals surface area contributed by atoms with Crippen molar-refractivity contribution >= 4 is 33.8 Å². The van der Waals surface area contributed by atoms with Crippen LogP contribution in [-0.4, -0.2) is 48.7 Å². The van der Waals surface area contributed by atoms with Crippen molar-refractivity contribution in [3.63, 3.8) is 0 Å². The van der Waals surface area contributed by atoms with E-state index in [-0.39, 0.29) is 12.5 Å². The molecule has 0 radical (unpaired) electrons. The first-order valence-electron chi connectivity index (χ1n) is 8.91. The van der Waals surface area contributed by atoms with E-state index in [0.29, 0.717) is 34.4 Å². The van der Waals surface area contributed by atoms with Gasteiger partial charge < -0.3 is 24.5 Å². The molecule has 0 saturated heterocycles. The van der Waals surface area contributed by atoms with E-state index >= 15 is 0 Å². The third kappa shape index (κ3) is 5.16. The molecule has 3 rings (SSSR count). The average molecular weight is 431 g/mol. The molecular formula is C20H21N3O6S. The van der Waals surface area contributed by atoms with Crippen LogP contribution in [-0.2, 0) is 0 Å². The van der Waals surface area contributed by atoms with Crippen molar-refractivity contribution in [2.24, 2.45) is 0 Å². The second-order valence-electron chi connectivity index (χ2n) is 6.05. The highest BCUT2D eigenvalue weighted by Gasteiger charge is 2.12. The highest BCUT2D eigenvalue weighted by atomic mass is 32.2. The zero-order valence-electron chi connectivity index (χ0n) is 16.4. The second kappa shape index (κ2) is 9.90. The van der Waals surface area contributed by atoms with Gasteiger partial charge in [0.15, 0.2) is 11.5 Å². The van der Waals surface area contributed by atoms with Gasteiger partial charge in [0, 0.05) is 21.9 Å². The molecule has 2 aromatic carbocycles. The number of methoxy groups -OCH3 is 2. The van der Waals surface area contributed by atoms with E-state index in [4.69, 9.17) is 19.4 Å². The average Bonchev–Trinajstić information content (AvgIpc) is 3.19. The van der Waals surface area contributed by atoms with Gasteiger partial charge in [-0.15, -0.1) is 0 Å². The van der Waals surface area contributed by atoms with E-state index < -0.39 is 5.24 Å². The van der Waals surface area contributed by atoms with Crippen molar-refractivity contribution in [1.29, 1.82) is 0 Å². The van der Waals surface area contributed by atoms with Gasteiger partial charge in [0.2, 0.25) is 0 Å². The monoisotopic (exact) mass is 431 g/mol. The summed E-state index contributed by atoms with van der Waals surface area (Å²) in [6.07, 6.45) is 0. The molecule has 0 unspecified atom stereocenters. The number of thioether (sulfide) groups is 1. The number of hydrogen-bond acceptors (Lipinski definition) is 7. The SMILES string of the molecule is COc1cc2cc(C(=O)NCCOc3ccc(SC(=O)NO)cc3)[nH]c2cc1OC. The van der Waals surface area contributed by atoms with Crippen molar-refractivity contribution in [3.8, 4) is 17.2 Å². The Bertz CT molecular complexity index is 994. The number of carbonyl (C=O) groups excluding carboxylic acids is 2. The molecule has 2 amide bonds. The smallest absolute Gasteiger partial charge is 0.307 e. The van der Waals surface area contributed by atoms with Crippen LogP contribution in [0.5, 0.6) is 17.2 Å². The van der Waals surface area contributed by atoms with E-state index in [1.165, 1.54) is 0 Å². The van der Waals surface area contributed by atoms with Crippen LogP contribution in [0.4, 0.5) is 4.79 Å². The number of hydrogen-bond donors (Lipinski definition) is 4. The fraction of sp³-hybridized carbons (Fsp3) is 0.200. The minimum Gasteiger partial charge on any atom is -0.493 e. The molecule has 0 bridgehead atoms. The zero-order valence-corrected chi connectivity index (χ0v) is 17.2. The number of aromatic nitrogens is 1. The van der Waals surface area contributed by atoms with Gasteiger partial charge in [-0.25, -0.2) is 5.48 Å². The number of fused-ring (bicyclic) bond motifs is 1. The van der Waals surface area contributed by atoms with Crippen LogP contribution >= 0.6 is 11.8 Å². The van der Waals surface area contributed by atoms with Gasteiger partial charge in [-0.05, 0) is 48.2 Å². The summed E-state index contributed by atoms with van der Waals surface area (Å²) in [6.45, 7) is 0.585. The minimum absolute atomic E-state index is 0.255. The Hall–Kier alpha value is -3.37. The molecule has 0 fully saturated rings. The van der Waals surface area contributed by atoms with E-state index in [9.17, 15) is 9.59 Å². The Labute approximate surface area is 176 Å². The maximum atomic E-state index is 12.4. The van der Waals surface area contributed by atoms with E-state index in [1.54, 1.807) is 62.2 Å². The molecule has 10 heteroatoms. The van der Waals surface area contributed by atoms with Crippen molar-refractivity contribution in [2.75, 3.05) is 27.4 Å². The Morgan fingerprint density at radius 3 is 2.43 bits per heavy atom. The number of hydroxylamine groups is 1. The van der Waals surface area contributed by atoms with Gasteiger partial charge in [-0.1, -0.05) is 0 Å². The molecule has 0 aliphatic carbocycles. The largest absolute Gasteiger partial charge is 0.493 e. The summed E-state index contributed by atoms with van der Waals surface area (Å²) < 4.78 is 16.1. The maximum absolute atomic E-state index is 12.4. The summed E-state index contributed by atoms with van der Waals surface area (Å²) in [4.78, 5) is 27.2. The van der Waals surface area contributed by atoms with Crippen molar-refractivity contribution in [1.82, 2.24) is 15.8 Å². The lowest BCUT2D eigenvalue weighted by atomic mass is 10.2. The summed E-state index contributed by atoms with van der Waals surface area (Å²) in [5.41, 5.74) is 2.74. The molecule has 0 aliphatic heterocycles. The summed E-state index contributed by atoms with van der Waals surface area (Å²) in [5, 5.41) is 11.6. The molecule has 0 spiro atoms. The van der Waals surface area contributed by atoms with E-state index in [0.717, 1.165) is 22.7 Å². The predicted octanol–water partition coefficient (Wildman–Crippen LogP) is 3.18. The number of ether oxygens (including phenoxy) is 3. The fourth-order valence-corrected chi connectivity index (χ4v) is 3.28. The van der Waals surface area contributed by atoms with Crippen LogP contribution in [0, 0.1) is 0 Å². The number of nitrogens with one attached hydrogen (secondary N) is 3. The number of aromatic amines is 1. The van der Waals surface area contributed by atoms with Gasteiger partial charge in [-0.2, -0.15) is 0 Å². The summed E-state index contributed by atoms with van der Waals surface area (Å²) >= 11 is 0.857. The normalized spacial score (nSPS) is 10.5. The van der Waals surface area contributed by atoms with Crippen LogP contribution in [0.3, 0.4) is 0 Å². The molecule has 1 aromatic heterocycles. The molecule has 4 N–H and O–H groups in total. The summed E-state index contributed by atoms with van der Waals surface area (Å²) in [7, 11) is 3.11. The number of amides is 2. The first kappa shape index (κ1) is 21.3. The molecule has 30 heavy (non-hydrogen) atoms. The first-order valence-corrected chi connectivity index (χ1v) is 9.73. The number of H-pyrrole nitrogens is 1. The molecule has 9 nitrogen and oxygen atoms in total. The zero-order chi connectivity index (χ0) is 21.5. The van der Waals surface area contributed by atoms with Crippen LogP contribution in [0.15, 0.2) is 47.4 Å². The summed E-state index contributed by atoms with van der Waals surface area (Å²) in [6, 6.07) is 12.1. The van der Waals surface area contributed by atoms with Gasteiger partial charge in [0.05, 0.1) is 20.8 Å². The summed E-state index contributed by atoms with van der Waals surface area (Å²) in [5.74, 6) is 1.51. The van der Waals surface area contributed by atoms with Gasteiger partial charge in [0.1, 0.15) is 18.1 Å². The fourth-order valence-electron chi connectivity index (χ4n) is 2.74. The molecule has 0 aliphatic rings. The molecule has 0 atom stereocenters. The third-order valence-corrected chi connectivity index (χ3v) is 4.94. The molecular weight excluding hydrogens is 410 g/mol. The lowest BCUT2D eigenvalue weighted by Crippen LogP contribution is -2.28. The molecule has 0 saturated carbocycles. The van der Waals surface area contributed by atoms with Crippen molar-refractivity contribution in [3.05, 3.63) is 48.2 Å². The quantitative estimate of drug-likeness (QED) is 0.187. The van der Waals surface area contributed by atoms with E-state index in [2.05, 4.69) is 10.3 Å². The van der Waals surface area contributed by atoms with Crippen molar-refractivity contribution in [2.45, 2.75) is 4.90 Å². The Morgan fingerprint density at radius 1 is 1.07 bits per heavy atom. The molecule has 3 aromatic rings. The van der Waals surface area contributed by atoms with Crippen molar-refractivity contribution < 1.29 is 29.0 Å². The number of rotatable bonds is 8. The van der Waals surface area contributed by atoms with Crippen LogP contribution < -0.4 is 25.0 Å². The standard InChI is InChI=1S/C20H21N3O6S/c1-27-17-10-12-9-16(22-15(12)11-18(17)28-2)19(24)21-7-8-29-13-3-5-14(6-4-13)30-20(25)23-26/h3-6,9-11,22,26H,7-8H2,1-2H3,(H,21,24)(H,23,25). The Kier molecular flexibility index (Phi) is 7.04. The lowest BCUT2D eigenvalue weighted by Gasteiger charge is -2.08. The Balaban J connectivity index is 1.51. The van der Waals surface area contributed by atoms with Gasteiger partial charge in [-0.3, -0.25) is 14.8 Å². The first-order chi connectivity index (χ1) is 14.5. The number of carbonyl (C=O) groups is 2. The maximum Gasteiger partial charge on any atom is 0.307 e. The highest BCUT2D eigenvalue weighted by Crippen LogP contribution is 2.32. The minimum atomic E-state index is -0.569. The van der Waals surface area contributed by atoms with Gasteiger partial charge >= 0.3 is 5.24 Å². The topological polar surface area (TPSA) is 122 Å². The molecule has 158 valence electrons. The highest BCUT2D eigenvalue weighted by molar-refractivity contribution is 8.13.